The van der Waals surface area contributed by atoms with Gasteiger partial charge in [0.15, 0.2) is 0 Å². The van der Waals surface area contributed by atoms with Crippen LogP contribution in [0.15, 0.2) is 297 Å². The van der Waals surface area contributed by atoms with Gasteiger partial charge in [-0.05, 0) is 160 Å². The molecule has 0 atom stereocenters. The van der Waals surface area contributed by atoms with Gasteiger partial charge in [-0.1, -0.05) is 305 Å². The van der Waals surface area contributed by atoms with E-state index in [2.05, 4.69) is 338 Å². The Bertz CT molecular complexity index is 5480. The second-order valence-electron chi connectivity index (χ2n) is 28.6. The Morgan fingerprint density at radius 3 is 1.34 bits per heavy atom. The van der Waals surface area contributed by atoms with Crippen molar-refractivity contribution in [2.45, 2.75) is 78.6 Å². The van der Waals surface area contributed by atoms with E-state index in [0.717, 1.165) is 134 Å². The normalized spacial score (nSPS) is 13.6. The van der Waals surface area contributed by atoms with Gasteiger partial charge in [0.25, 0.3) is 6.71 Å². The van der Waals surface area contributed by atoms with E-state index in [-0.39, 0.29) is 46.0 Å². The smallest absolute Gasteiger partial charge is 0.252 e. The summed E-state index contributed by atoms with van der Waals surface area (Å²) in [6.07, 6.45) is 0. The number of benzene rings is 13. The lowest BCUT2D eigenvalue weighted by molar-refractivity contribution is 0.590. The first-order chi connectivity index (χ1) is 47.6. The third-order valence-electron chi connectivity index (χ3n) is 19.5. The summed E-state index contributed by atoms with van der Waals surface area (Å²) in [5, 5.41) is 2.10. The summed E-state index contributed by atoms with van der Waals surface area (Å²) in [6.45, 7) is 20.0. The summed E-state index contributed by atoms with van der Waals surface area (Å²) in [7, 11) is 0. The van der Waals surface area contributed by atoms with Crippen LogP contribution >= 0.6 is 0 Å². The van der Waals surface area contributed by atoms with Crippen LogP contribution in [0.5, 0.6) is 0 Å². The zero-order valence-electron chi connectivity index (χ0n) is 59.8. The molecule has 0 unspecified atom stereocenters. The van der Waals surface area contributed by atoms with Gasteiger partial charge in [-0.3, -0.25) is 0 Å². The molecule has 0 saturated heterocycles. The summed E-state index contributed by atoms with van der Waals surface area (Å²) >= 11 is 0. The molecule has 3 heterocycles. The Kier molecular flexibility index (Phi) is 12.7. The molecule has 0 N–H and O–H groups in total. The summed E-state index contributed by atoms with van der Waals surface area (Å²) in [4.78, 5) is 5.08. The third-order valence-corrected chi connectivity index (χ3v) is 19.5. The van der Waals surface area contributed by atoms with E-state index in [9.17, 15) is 2.74 Å². The minimum absolute atomic E-state index is 0.0786. The minimum Gasteiger partial charge on any atom is -0.311 e. The Labute approximate surface area is 562 Å². The zero-order valence-corrected chi connectivity index (χ0v) is 54.8. The number of hydrogen-bond acceptors (Lipinski definition) is 2. The fraction of sp³-hybridized carbons (Fsp3) is 0.133. The van der Waals surface area contributed by atoms with Crippen LogP contribution in [-0.2, 0) is 16.2 Å². The SMILES string of the molecule is [2H]c1c([2H])c([2H])c(-c2ccc3c(c2)N(c2cc(-c4ccc(C(C)(C)C)cc4)cc4c2c2ccccc2n4-c2ccccc2)c2cc(-c4cccc(C(C)(C)C)c4)cc4c2B3c2ccc(-c3cccc(C(C)(C)C)c3)cc2N4c2c(-c3ccccc3)cccc2-c2ccccc2)c([2H])c1[2H]. The van der Waals surface area contributed by atoms with Crippen molar-refractivity contribution in [2.75, 3.05) is 9.80 Å². The highest BCUT2D eigenvalue weighted by Crippen LogP contribution is 2.54. The first-order valence-corrected chi connectivity index (χ1v) is 32.9. The maximum Gasteiger partial charge on any atom is 0.252 e. The second kappa shape index (κ2) is 22.6. The van der Waals surface area contributed by atoms with Crippen molar-refractivity contribution in [2.24, 2.45) is 0 Å². The van der Waals surface area contributed by atoms with E-state index in [0.29, 0.717) is 5.56 Å². The topological polar surface area (TPSA) is 11.4 Å². The van der Waals surface area contributed by atoms with Crippen LogP contribution in [0.2, 0.25) is 0 Å². The van der Waals surface area contributed by atoms with Crippen molar-refractivity contribution >= 4 is 79.0 Å². The second-order valence-corrected chi connectivity index (χ2v) is 28.6. The fourth-order valence-corrected chi connectivity index (χ4v) is 14.6. The molecule has 0 spiro atoms. The van der Waals surface area contributed by atoms with Gasteiger partial charge in [0.2, 0.25) is 0 Å². The lowest BCUT2D eigenvalue weighted by Gasteiger charge is -2.45. The summed E-state index contributed by atoms with van der Waals surface area (Å²) in [5.41, 5.74) is 26.8. The van der Waals surface area contributed by atoms with Crippen molar-refractivity contribution in [3.8, 4) is 72.4 Å². The number of rotatable bonds is 9. The highest BCUT2D eigenvalue weighted by molar-refractivity contribution is 7.00. The Morgan fingerprint density at radius 2 is 0.755 bits per heavy atom. The van der Waals surface area contributed by atoms with E-state index in [1.165, 1.54) is 16.7 Å². The van der Waals surface area contributed by atoms with Gasteiger partial charge in [0, 0.05) is 50.3 Å². The van der Waals surface area contributed by atoms with E-state index in [1.54, 1.807) is 0 Å². The molecule has 0 amide bonds. The third kappa shape index (κ3) is 10.1. The summed E-state index contributed by atoms with van der Waals surface area (Å²) in [5.74, 6) is 0. The summed E-state index contributed by atoms with van der Waals surface area (Å²) in [6, 6.07) is 96.2. The zero-order chi connectivity index (χ0) is 68.6. The number of nitrogens with zero attached hydrogens (tertiary/aromatic N) is 3. The van der Waals surface area contributed by atoms with Gasteiger partial charge in [-0.2, -0.15) is 0 Å². The van der Waals surface area contributed by atoms with E-state index in [4.69, 9.17) is 4.11 Å². The monoisotopic (exact) mass is 1210 g/mol. The van der Waals surface area contributed by atoms with Crippen molar-refractivity contribution in [3.05, 3.63) is 314 Å². The molecule has 2 aliphatic rings. The van der Waals surface area contributed by atoms with Crippen LogP contribution in [0.25, 0.3) is 94.3 Å². The lowest BCUT2D eigenvalue weighted by Crippen LogP contribution is -2.61. The van der Waals surface area contributed by atoms with Gasteiger partial charge in [-0.25, -0.2) is 0 Å². The highest BCUT2D eigenvalue weighted by atomic mass is 15.2. The molecule has 1 aromatic heterocycles. The average molecular weight is 1220 g/mol. The molecule has 0 aliphatic carbocycles. The van der Waals surface area contributed by atoms with Gasteiger partial charge in [-0.15, -0.1) is 0 Å². The quantitative estimate of drug-likeness (QED) is 0.133. The average Bonchev–Trinajstić information content (AvgIpc) is 1.44. The maximum atomic E-state index is 9.61. The number of aromatic nitrogens is 1. The summed E-state index contributed by atoms with van der Waals surface area (Å²) < 4.78 is 48.6. The minimum atomic E-state index is -0.431. The molecule has 94 heavy (non-hydrogen) atoms. The van der Waals surface area contributed by atoms with Crippen LogP contribution in [0.1, 0.15) is 85.9 Å². The predicted octanol–water partition coefficient (Wildman–Crippen LogP) is 22.8. The van der Waals surface area contributed by atoms with Crippen LogP contribution in [0, 0.1) is 0 Å². The molecule has 0 radical (unpaired) electrons. The number of fused-ring (bicyclic) bond motifs is 7. The predicted molar refractivity (Wildman–Crippen MR) is 404 cm³/mol. The van der Waals surface area contributed by atoms with E-state index in [1.807, 2.05) is 6.07 Å². The van der Waals surface area contributed by atoms with Gasteiger partial charge >= 0.3 is 0 Å². The molecule has 0 fully saturated rings. The van der Waals surface area contributed by atoms with Crippen molar-refractivity contribution in [1.29, 1.82) is 0 Å². The maximum absolute atomic E-state index is 9.61. The fourth-order valence-electron chi connectivity index (χ4n) is 14.6. The first-order valence-electron chi connectivity index (χ1n) is 35.4. The Balaban J connectivity index is 1.11. The largest absolute Gasteiger partial charge is 0.311 e. The van der Waals surface area contributed by atoms with E-state index < -0.39 is 12.8 Å². The Morgan fingerprint density at radius 1 is 0.309 bits per heavy atom. The highest BCUT2D eigenvalue weighted by Gasteiger charge is 2.45. The Hall–Kier alpha value is -10.7. The molecule has 0 bridgehead atoms. The molecule has 2 aliphatic heterocycles. The van der Waals surface area contributed by atoms with Crippen molar-refractivity contribution in [1.82, 2.24) is 4.57 Å². The van der Waals surface area contributed by atoms with Gasteiger partial charge in [0.1, 0.15) is 0 Å². The molecule has 4 heteroatoms. The molecular weight excluding hydrogens is 1130 g/mol. The number of para-hydroxylation sites is 3. The van der Waals surface area contributed by atoms with Crippen LogP contribution in [0.4, 0.5) is 34.1 Å². The van der Waals surface area contributed by atoms with Gasteiger partial charge in [0.05, 0.1) is 29.3 Å². The first kappa shape index (κ1) is 52.9. The molecule has 13 aromatic carbocycles. The standard InChI is InChI=1S/C90H76BN3/c1-88(2,3)69-47-43-60(44-48-69)67-55-81-85(75-39-22-23-42-78(75)92(81)72-37-20-13-21-38-72)82(56-67)93-79-53-65(59-27-14-10-15-28-59)45-49-76(79)91-77-50-46-66(63-33-24-35-70(51-63)89(4,5)6)54-80(77)94(84-58-68(57-83(93)86(84)91)64-34-25-36-71(52-64)90(7,8)9)87-73(61-29-16-11-17-30-61)40-26-41-74(87)62-31-18-12-19-32-62/h10-58H,1-9H3/i10D,14D,15D,27D,28D. The van der Waals surface area contributed by atoms with Crippen LogP contribution in [0.3, 0.4) is 0 Å². The number of anilines is 6. The molecule has 14 aromatic rings. The molecule has 0 saturated carbocycles. The van der Waals surface area contributed by atoms with Gasteiger partial charge < -0.3 is 14.4 Å². The molecule has 16 rings (SSSR count). The lowest BCUT2D eigenvalue weighted by atomic mass is 9.33. The van der Waals surface area contributed by atoms with E-state index >= 15 is 0 Å². The van der Waals surface area contributed by atoms with Crippen LogP contribution < -0.4 is 26.2 Å². The number of hydrogen-bond donors (Lipinski definition) is 0. The van der Waals surface area contributed by atoms with Crippen molar-refractivity contribution < 1.29 is 6.85 Å². The molecular formula is C90H76BN3. The molecule has 454 valence electrons. The van der Waals surface area contributed by atoms with Crippen molar-refractivity contribution in [3.63, 3.8) is 0 Å². The van der Waals surface area contributed by atoms with Crippen LogP contribution in [-0.4, -0.2) is 11.3 Å². The molecule has 3 nitrogen and oxygen atoms in total.